The maximum absolute atomic E-state index is 11.9. The summed E-state index contributed by atoms with van der Waals surface area (Å²) in [5.41, 5.74) is 2.76. The second kappa shape index (κ2) is 6.72. The lowest BCUT2D eigenvalue weighted by Gasteiger charge is -2.37. The molecule has 1 saturated heterocycles. The number of nitrogens with zero attached hydrogens (tertiary/aromatic N) is 2. The number of anilines is 2. The number of pyridine rings is 1. The molecule has 0 saturated carbocycles. The molecule has 2 aliphatic rings. The van der Waals surface area contributed by atoms with Gasteiger partial charge in [0.2, 0.25) is 0 Å². The molecule has 1 amide bonds. The Bertz CT molecular complexity index is 765. The van der Waals surface area contributed by atoms with Crippen LogP contribution < -0.4 is 15.5 Å². The van der Waals surface area contributed by atoms with Gasteiger partial charge in [-0.15, -0.1) is 0 Å². The third kappa shape index (κ3) is 3.30. The van der Waals surface area contributed by atoms with E-state index in [1.165, 1.54) is 5.56 Å². The third-order valence-corrected chi connectivity index (χ3v) is 4.77. The Labute approximate surface area is 147 Å². The van der Waals surface area contributed by atoms with Crippen LogP contribution >= 0.6 is 0 Å². The molecule has 0 spiro atoms. The number of piperazine rings is 1. The summed E-state index contributed by atoms with van der Waals surface area (Å²) in [6.07, 6.45) is 0.553. The van der Waals surface area contributed by atoms with E-state index in [0.29, 0.717) is 17.8 Å². The quantitative estimate of drug-likeness (QED) is 0.900. The molecule has 130 valence electrons. The van der Waals surface area contributed by atoms with Crippen LogP contribution in [0, 0.1) is 0 Å². The first-order valence-electron chi connectivity index (χ1n) is 8.67. The molecule has 2 aromatic rings. The van der Waals surface area contributed by atoms with E-state index < -0.39 is 6.09 Å². The fraction of sp³-hybridized carbons (Fsp3) is 0.368. The lowest BCUT2D eigenvalue weighted by Crippen LogP contribution is -2.55. The number of rotatable bonds is 3. The van der Waals surface area contributed by atoms with Crippen LogP contribution in [0.15, 0.2) is 42.5 Å². The van der Waals surface area contributed by atoms with Crippen molar-refractivity contribution in [1.82, 2.24) is 10.3 Å². The van der Waals surface area contributed by atoms with Crippen molar-refractivity contribution in [2.75, 3.05) is 23.3 Å². The van der Waals surface area contributed by atoms with Gasteiger partial charge in [0.1, 0.15) is 12.4 Å². The number of benzene rings is 1. The molecule has 1 aromatic carbocycles. The van der Waals surface area contributed by atoms with Crippen molar-refractivity contribution in [3.63, 3.8) is 0 Å². The maximum atomic E-state index is 11.9. The highest BCUT2D eigenvalue weighted by Crippen LogP contribution is 2.33. The van der Waals surface area contributed by atoms with Gasteiger partial charge < -0.3 is 15.0 Å². The Hall–Kier alpha value is -2.60. The minimum atomic E-state index is -0.470. The Balaban J connectivity index is 1.41. The summed E-state index contributed by atoms with van der Waals surface area (Å²) in [5, 5.41) is 6.18. The van der Waals surface area contributed by atoms with E-state index in [-0.39, 0.29) is 6.61 Å². The van der Waals surface area contributed by atoms with Gasteiger partial charge in [0.15, 0.2) is 0 Å². The van der Waals surface area contributed by atoms with Crippen molar-refractivity contribution in [3.05, 3.63) is 53.7 Å². The maximum Gasteiger partial charge on any atom is 0.412 e. The molecule has 0 radical (unpaired) electrons. The lowest BCUT2D eigenvalue weighted by atomic mass is 10.1. The molecule has 0 bridgehead atoms. The molecular formula is C19H22N4O2. The molecule has 3 heterocycles. The number of aromatic nitrogens is 1. The molecule has 6 nitrogen and oxygen atoms in total. The predicted molar refractivity (Wildman–Crippen MR) is 96.8 cm³/mol. The molecule has 1 fully saturated rings. The molecule has 0 unspecified atom stereocenters. The number of hydrogen-bond donors (Lipinski definition) is 2. The fourth-order valence-electron chi connectivity index (χ4n) is 3.62. The number of nitrogens with one attached hydrogen (secondary N) is 2. The molecule has 6 heteroatoms. The zero-order valence-electron chi connectivity index (χ0n) is 14.2. The number of carbonyl (C=O) groups excluding carboxylic acids is 1. The van der Waals surface area contributed by atoms with Gasteiger partial charge in [-0.2, -0.15) is 0 Å². The second-order valence-corrected chi connectivity index (χ2v) is 6.62. The van der Waals surface area contributed by atoms with Gasteiger partial charge in [-0.3, -0.25) is 5.32 Å². The number of amides is 1. The molecular weight excluding hydrogens is 316 g/mol. The van der Waals surface area contributed by atoms with Gasteiger partial charge in [0, 0.05) is 30.9 Å². The van der Waals surface area contributed by atoms with Crippen LogP contribution in [-0.4, -0.2) is 36.3 Å². The molecule has 2 N–H and O–H groups in total. The smallest absolute Gasteiger partial charge is 0.412 e. The summed E-state index contributed by atoms with van der Waals surface area (Å²) < 4.78 is 5.31. The Morgan fingerprint density at radius 1 is 1.28 bits per heavy atom. The van der Waals surface area contributed by atoms with Crippen molar-refractivity contribution < 1.29 is 9.53 Å². The van der Waals surface area contributed by atoms with Crippen molar-refractivity contribution in [1.29, 1.82) is 0 Å². The molecule has 4 rings (SSSR count). The molecule has 25 heavy (non-hydrogen) atoms. The van der Waals surface area contributed by atoms with Crippen LogP contribution in [-0.2, 0) is 17.8 Å². The van der Waals surface area contributed by atoms with Crippen molar-refractivity contribution in [2.24, 2.45) is 0 Å². The number of hydrogen-bond acceptors (Lipinski definition) is 5. The van der Waals surface area contributed by atoms with Crippen molar-refractivity contribution >= 4 is 17.6 Å². The van der Waals surface area contributed by atoms with E-state index in [1.807, 2.05) is 36.4 Å². The highest BCUT2D eigenvalue weighted by Gasteiger charge is 2.36. The SMILES string of the molecule is C[C@@H]1CNC[C@H]2Cc3ccc(COC(=O)Nc4ccccc4)nc3N21. The standard InChI is InChI=1S/C19H22N4O2/c1-13-10-20-11-17-9-14-7-8-16(21-18(14)23(13)17)12-25-19(24)22-15-5-3-2-4-6-15/h2-8,13,17,20H,9-12H2,1H3,(H,22,24)/t13-,17-/m1/s1. The molecule has 1 aromatic heterocycles. The van der Waals surface area contributed by atoms with Crippen LogP contribution in [0.2, 0.25) is 0 Å². The predicted octanol–water partition coefficient (Wildman–Crippen LogP) is 2.55. The van der Waals surface area contributed by atoms with E-state index in [2.05, 4.69) is 28.5 Å². The number of carbonyl (C=O) groups is 1. The largest absolute Gasteiger partial charge is 0.443 e. The van der Waals surface area contributed by atoms with Crippen LogP contribution in [0.4, 0.5) is 16.3 Å². The second-order valence-electron chi connectivity index (χ2n) is 6.62. The van der Waals surface area contributed by atoms with E-state index >= 15 is 0 Å². The van der Waals surface area contributed by atoms with Gasteiger partial charge in [0.05, 0.1) is 5.69 Å². The lowest BCUT2D eigenvalue weighted by molar-refractivity contribution is 0.153. The summed E-state index contributed by atoms with van der Waals surface area (Å²) in [4.78, 5) is 19.1. The summed E-state index contributed by atoms with van der Waals surface area (Å²) in [6, 6.07) is 14.2. The van der Waals surface area contributed by atoms with Crippen LogP contribution in [0.25, 0.3) is 0 Å². The van der Waals surface area contributed by atoms with E-state index in [1.54, 1.807) is 0 Å². The van der Waals surface area contributed by atoms with Gasteiger partial charge >= 0.3 is 6.09 Å². The Kier molecular flexibility index (Phi) is 4.28. The van der Waals surface area contributed by atoms with Crippen molar-refractivity contribution in [3.8, 4) is 0 Å². The normalized spacial score (nSPS) is 21.4. The average Bonchev–Trinajstić information content (AvgIpc) is 3.00. The van der Waals surface area contributed by atoms with Gasteiger partial charge in [-0.05, 0) is 37.1 Å². The van der Waals surface area contributed by atoms with Crippen LogP contribution in [0.5, 0.6) is 0 Å². The van der Waals surface area contributed by atoms with E-state index in [9.17, 15) is 4.79 Å². The fourth-order valence-corrected chi connectivity index (χ4v) is 3.62. The Morgan fingerprint density at radius 2 is 2.12 bits per heavy atom. The summed E-state index contributed by atoms with van der Waals surface area (Å²) in [7, 11) is 0. The zero-order valence-corrected chi connectivity index (χ0v) is 14.2. The Morgan fingerprint density at radius 3 is 2.96 bits per heavy atom. The molecule has 2 atom stereocenters. The summed E-state index contributed by atoms with van der Waals surface area (Å²) in [6.45, 7) is 4.34. The summed E-state index contributed by atoms with van der Waals surface area (Å²) >= 11 is 0. The number of fused-ring (bicyclic) bond motifs is 3. The first-order chi connectivity index (χ1) is 12.2. The first-order valence-corrected chi connectivity index (χ1v) is 8.67. The topological polar surface area (TPSA) is 66.5 Å². The molecule has 2 aliphatic heterocycles. The monoisotopic (exact) mass is 338 g/mol. The van der Waals surface area contributed by atoms with Gasteiger partial charge in [0.25, 0.3) is 0 Å². The average molecular weight is 338 g/mol. The third-order valence-electron chi connectivity index (χ3n) is 4.77. The van der Waals surface area contributed by atoms with Crippen molar-refractivity contribution in [2.45, 2.75) is 32.0 Å². The van der Waals surface area contributed by atoms with Crippen LogP contribution in [0.3, 0.4) is 0 Å². The number of ether oxygens (including phenoxy) is 1. The van der Waals surface area contributed by atoms with E-state index in [4.69, 9.17) is 9.72 Å². The first kappa shape index (κ1) is 15.9. The highest BCUT2D eigenvalue weighted by molar-refractivity contribution is 5.84. The minimum absolute atomic E-state index is 0.164. The summed E-state index contributed by atoms with van der Waals surface area (Å²) in [5.74, 6) is 1.04. The van der Waals surface area contributed by atoms with Gasteiger partial charge in [-0.25, -0.2) is 9.78 Å². The molecule has 0 aliphatic carbocycles. The minimum Gasteiger partial charge on any atom is -0.443 e. The van der Waals surface area contributed by atoms with Crippen LogP contribution in [0.1, 0.15) is 18.2 Å². The van der Waals surface area contributed by atoms with Gasteiger partial charge in [-0.1, -0.05) is 24.3 Å². The zero-order chi connectivity index (χ0) is 17.2. The van der Waals surface area contributed by atoms with E-state index in [0.717, 1.165) is 31.0 Å². The highest BCUT2D eigenvalue weighted by atomic mass is 16.5. The number of para-hydroxylation sites is 1.